The van der Waals surface area contributed by atoms with Crippen molar-refractivity contribution in [2.45, 2.75) is 6.42 Å². The number of rotatable bonds is 3. The molecule has 0 saturated heterocycles. The molecule has 1 rings (SSSR count). The van der Waals surface area contributed by atoms with Gasteiger partial charge in [0.25, 0.3) is 0 Å². The molecule has 0 aliphatic rings. The third-order valence-electron chi connectivity index (χ3n) is 1.22. The number of ether oxygens (including phenoxy) is 1. The van der Waals surface area contributed by atoms with Crippen LogP contribution in [0.1, 0.15) is 5.56 Å². The summed E-state index contributed by atoms with van der Waals surface area (Å²) in [7, 11) is 0. The maximum absolute atomic E-state index is 10.1. The number of carbonyl (C=O) groups excluding carboxylic acids is 1. The fourth-order valence-corrected chi connectivity index (χ4v) is 1.41. The second kappa shape index (κ2) is 3.98. The van der Waals surface area contributed by atoms with E-state index in [-0.39, 0.29) is 0 Å². The van der Waals surface area contributed by atoms with Gasteiger partial charge in [-0.3, -0.25) is 0 Å². The second-order valence-electron chi connectivity index (χ2n) is 2.05. The summed E-state index contributed by atoms with van der Waals surface area (Å²) in [4.78, 5) is 10.1. The van der Waals surface area contributed by atoms with E-state index >= 15 is 0 Å². The van der Waals surface area contributed by atoms with E-state index in [0.29, 0.717) is 6.61 Å². The molecule has 1 amide bonds. The van der Waals surface area contributed by atoms with Crippen LogP contribution < -0.4 is 5.73 Å². The molecule has 0 radical (unpaired) electrons. The van der Waals surface area contributed by atoms with Crippen LogP contribution in [-0.2, 0) is 11.2 Å². The lowest BCUT2D eigenvalue weighted by atomic mass is 10.3. The van der Waals surface area contributed by atoms with E-state index in [9.17, 15) is 4.79 Å². The molecule has 0 aliphatic carbocycles. The number of amides is 1. The summed E-state index contributed by atoms with van der Waals surface area (Å²) >= 11 is 1.63. The van der Waals surface area contributed by atoms with Crippen molar-refractivity contribution in [3.05, 3.63) is 22.4 Å². The summed E-state index contributed by atoms with van der Waals surface area (Å²) in [6, 6.07) is 2.00. The van der Waals surface area contributed by atoms with Crippen LogP contribution in [-0.4, -0.2) is 12.7 Å². The van der Waals surface area contributed by atoms with Gasteiger partial charge in [0.2, 0.25) is 0 Å². The van der Waals surface area contributed by atoms with Crippen molar-refractivity contribution in [1.82, 2.24) is 0 Å². The number of hydrogen-bond donors (Lipinski definition) is 1. The zero-order chi connectivity index (χ0) is 8.10. The van der Waals surface area contributed by atoms with Gasteiger partial charge in [-0.1, -0.05) is 0 Å². The summed E-state index contributed by atoms with van der Waals surface area (Å²) in [5.74, 6) is 0. The van der Waals surface area contributed by atoms with Gasteiger partial charge in [0.15, 0.2) is 0 Å². The molecule has 1 heterocycles. The predicted molar refractivity (Wildman–Crippen MR) is 43.6 cm³/mol. The van der Waals surface area contributed by atoms with E-state index < -0.39 is 6.09 Å². The van der Waals surface area contributed by atoms with Crippen LogP contribution in [0.2, 0.25) is 0 Å². The first-order chi connectivity index (χ1) is 5.29. The van der Waals surface area contributed by atoms with Gasteiger partial charge in [-0.2, -0.15) is 11.3 Å². The van der Waals surface area contributed by atoms with E-state index in [1.54, 1.807) is 11.3 Å². The van der Waals surface area contributed by atoms with Crippen molar-refractivity contribution in [3.8, 4) is 0 Å². The summed E-state index contributed by atoms with van der Waals surface area (Å²) in [6.45, 7) is 0.367. The number of carbonyl (C=O) groups is 1. The molecule has 0 aliphatic heterocycles. The van der Waals surface area contributed by atoms with Gasteiger partial charge in [-0.05, 0) is 22.4 Å². The van der Waals surface area contributed by atoms with Crippen molar-refractivity contribution < 1.29 is 9.53 Å². The van der Waals surface area contributed by atoms with E-state index in [1.165, 1.54) is 5.56 Å². The van der Waals surface area contributed by atoms with Gasteiger partial charge in [-0.25, -0.2) is 4.79 Å². The number of hydrogen-bond acceptors (Lipinski definition) is 3. The molecular formula is C7H9NO2S. The topological polar surface area (TPSA) is 52.3 Å². The molecule has 0 aromatic carbocycles. The molecule has 0 saturated carbocycles. The zero-order valence-corrected chi connectivity index (χ0v) is 6.76. The Hall–Kier alpha value is -1.03. The molecule has 0 fully saturated rings. The number of thiophene rings is 1. The smallest absolute Gasteiger partial charge is 0.404 e. The average Bonchev–Trinajstić information content (AvgIpc) is 2.39. The number of primary amides is 1. The molecule has 3 nitrogen and oxygen atoms in total. The van der Waals surface area contributed by atoms with Crippen molar-refractivity contribution in [2.24, 2.45) is 5.73 Å². The highest BCUT2D eigenvalue weighted by Gasteiger charge is 1.95. The summed E-state index contributed by atoms with van der Waals surface area (Å²) in [5, 5.41) is 4.00. The Bertz CT molecular complexity index is 220. The van der Waals surface area contributed by atoms with Crippen molar-refractivity contribution >= 4 is 17.4 Å². The van der Waals surface area contributed by atoms with Crippen LogP contribution >= 0.6 is 11.3 Å². The highest BCUT2D eigenvalue weighted by Crippen LogP contribution is 2.06. The Balaban J connectivity index is 2.19. The summed E-state index contributed by atoms with van der Waals surface area (Å²) < 4.78 is 4.56. The SMILES string of the molecule is NC(=O)OCCc1ccsc1. The van der Waals surface area contributed by atoms with Crippen molar-refractivity contribution in [2.75, 3.05) is 6.61 Å². The lowest BCUT2D eigenvalue weighted by Crippen LogP contribution is -2.14. The molecule has 1 aromatic rings. The molecule has 4 heteroatoms. The predicted octanol–water partition coefficient (Wildman–Crippen LogP) is 1.39. The molecule has 0 bridgehead atoms. The normalized spacial score (nSPS) is 9.45. The van der Waals surface area contributed by atoms with Crippen LogP contribution in [0.3, 0.4) is 0 Å². The minimum Gasteiger partial charge on any atom is -0.449 e. The largest absolute Gasteiger partial charge is 0.449 e. The molecule has 0 spiro atoms. The zero-order valence-electron chi connectivity index (χ0n) is 5.95. The quantitative estimate of drug-likeness (QED) is 0.747. The summed E-state index contributed by atoms with van der Waals surface area (Å²) in [6.07, 6.45) is 0.0344. The molecule has 2 N–H and O–H groups in total. The van der Waals surface area contributed by atoms with Crippen LogP contribution in [0.4, 0.5) is 4.79 Å². The van der Waals surface area contributed by atoms with E-state index in [2.05, 4.69) is 4.74 Å². The number of nitrogens with two attached hydrogens (primary N) is 1. The first-order valence-corrected chi connectivity index (χ1v) is 4.16. The molecule has 1 aromatic heterocycles. The van der Waals surface area contributed by atoms with Gasteiger partial charge in [0.05, 0.1) is 6.61 Å². The fourth-order valence-electron chi connectivity index (χ4n) is 0.704. The highest BCUT2D eigenvalue weighted by molar-refractivity contribution is 7.07. The lowest BCUT2D eigenvalue weighted by Gasteiger charge is -1.97. The van der Waals surface area contributed by atoms with E-state index in [4.69, 9.17) is 5.73 Å². The minimum absolute atomic E-state index is 0.367. The third-order valence-corrected chi connectivity index (χ3v) is 1.95. The monoisotopic (exact) mass is 171 g/mol. The fraction of sp³-hybridized carbons (Fsp3) is 0.286. The van der Waals surface area contributed by atoms with Crippen LogP contribution in [0.15, 0.2) is 16.8 Å². The molecule has 11 heavy (non-hydrogen) atoms. The third kappa shape index (κ3) is 3.04. The van der Waals surface area contributed by atoms with Gasteiger partial charge in [0.1, 0.15) is 0 Å². The first-order valence-electron chi connectivity index (χ1n) is 3.22. The maximum Gasteiger partial charge on any atom is 0.404 e. The molecular weight excluding hydrogens is 162 g/mol. The van der Waals surface area contributed by atoms with E-state index in [0.717, 1.165) is 6.42 Å². The van der Waals surface area contributed by atoms with Gasteiger partial charge in [0, 0.05) is 6.42 Å². The maximum atomic E-state index is 10.1. The van der Waals surface area contributed by atoms with Gasteiger partial charge >= 0.3 is 6.09 Å². The van der Waals surface area contributed by atoms with Gasteiger partial charge < -0.3 is 10.5 Å². The Morgan fingerprint density at radius 3 is 3.09 bits per heavy atom. The molecule has 60 valence electrons. The second-order valence-corrected chi connectivity index (χ2v) is 2.83. The molecule has 0 unspecified atom stereocenters. The standard InChI is InChI=1S/C7H9NO2S/c8-7(9)10-3-1-6-2-4-11-5-6/h2,4-5H,1,3H2,(H2,8,9). The summed E-state index contributed by atoms with van der Waals surface area (Å²) in [5.41, 5.74) is 5.95. The van der Waals surface area contributed by atoms with Crippen LogP contribution in [0.25, 0.3) is 0 Å². The Morgan fingerprint density at radius 2 is 2.55 bits per heavy atom. The van der Waals surface area contributed by atoms with Crippen LogP contribution in [0, 0.1) is 0 Å². The Labute approximate surface area is 68.8 Å². The van der Waals surface area contributed by atoms with Crippen LogP contribution in [0.5, 0.6) is 0 Å². The van der Waals surface area contributed by atoms with E-state index in [1.807, 2.05) is 16.8 Å². The van der Waals surface area contributed by atoms with Gasteiger partial charge in [-0.15, -0.1) is 0 Å². The Morgan fingerprint density at radius 1 is 1.73 bits per heavy atom. The average molecular weight is 171 g/mol. The first kappa shape index (κ1) is 8.07. The highest BCUT2D eigenvalue weighted by atomic mass is 32.1. The molecule has 0 atom stereocenters. The Kier molecular flexibility index (Phi) is 2.92. The minimum atomic E-state index is -0.708. The van der Waals surface area contributed by atoms with Crippen molar-refractivity contribution in [3.63, 3.8) is 0 Å². The van der Waals surface area contributed by atoms with Crippen molar-refractivity contribution in [1.29, 1.82) is 0 Å². The lowest BCUT2D eigenvalue weighted by molar-refractivity contribution is 0.158.